The van der Waals surface area contributed by atoms with E-state index in [2.05, 4.69) is 31.2 Å². The van der Waals surface area contributed by atoms with Crippen LogP contribution < -0.4 is 21.3 Å². The van der Waals surface area contributed by atoms with Crippen LogP contribution in [-0.4, -0.2) is 81.5 Å². The molecule has 4 N–H and O–H groups in total. The summed E-state index contributed by atoms with van der Waals surface area (Å²) in [7, 11) is 0. The van der Waals surface area contributed by atoms with Crippen molar-refractivity contribution < 1.29 is 24.0 Å². The quantitative estimate of drug-likeness (QED) is 0.215. The van der Waals surface area contributed by atoms with Gasteiger partial charge >= 0.3 is 0 Å². The van der Waals surface area contributed by atoms with Crippen LogP contribution in [-0.2, 0) is 19.2 Å². The molecule has 12 nitrogen and oxygen atoms in total. The van der Waals surface area contributed by atoms with E-state index in [4.69, 9.17) is 0 Å². The first kappa shape index (κ1) is 39.6. The minimum Gasteiger partial charge on any atom is -0.346 e. The van der Waals surface area contributed by atoms with Gasteiger partial charge in [-0.15, -0.1) is 0 Å². The molecule has 0 bridgehead atoms. The third kappa shape index (κ3) is 9.99. The van der Waals surface area contributed by atoms with Gasteiger partial charge in [0.25, 0.3) is 11.8 Å². The van der Waals surface area contributed by atoms with Crippen molar-refractivity contribution in [2.24, 2.45) is 22.7 Å². The van der Waals surface area contributed by atoms with Gasteiger partial charge in [-0.05, 0) is 54.4 Å². The summed E-state index contributed by atoms with van der Waals surface area (Å²) in [5.74, 6) is -2.26. The summed E-state index contributed by atoms with van der Waals surface area (Å²) in [5, 5.41) is 12.2. The molecule has 12 heteroatoms. The van der Waals surface area contributed by atoms with Gasteiger partial charge in [-0.2, -0.15) is 0 Å². The van der Waals surface area contributed by atoms with E-state index in [-0.39, 0.29) is 46.8 Å². The van der Waals surface area contributed by atoms with Crippen molar-refractivity contribution in [3.8, 4) is 0 Å². The molecule has 1 aromatic carbocycles. The fourth-order valence-corrected chi connectivity index (χ4v) is 7.32. The van der Waals surface area contributed by atoms with Crippen LogP contribution in [0.4, 0.5) is 0 Å². The van der Waals surface area contributed by atoms with Gasteiger partial charge in [0.05, 0.1) is 24.3 Å². The number of carbonyl (C=O) groups is 5. The average Bonchev–Trinajstić information content (AvgIpc) is 3.69. The number of nitrogens with zero attached hydrogens (tertiary/aromatic N) is 3. The van der Waals surface area contributed by atoms with Crippen LogP contribution in [0.15, 0.2) is 48.9 Å². The largest absolute Gasteiger partial charge is 0.346 e. The highest BCUT2D eigenvalue weighted by Gasteiger charge is 2.52. The molecule has 2 fully saturated rings. The Bertz CT molecular complexity index is 1520. The maximum Gasteiger partial charge on any atom is 0.290 e. The third-order valence-electron chi connectivity index (χ3n) is 10.3. The van der Waals surface area contributed by atoms with Crippen LogP contribution in [0.5, 0.6) is 0 Å². The molecule has 2 heterocycles. The lowest BCUT2D eigenvalue weighted by Gasteiger charge is -2.39. The number of carbonyl (C=O) groups excluding carboxylic acids is 5. The molecule has 1 saturated heterocycles. The molecule has 2 aliphatic rings. The van der Waals surface area contributed by atoms with Gasteiger partial charge in [-0.3, -0.25) is 29.0 Å². The van der Waals surface area contributed by atoms with Gasteiger partial charge < -0.3 is 26.2 Å². The van der Waals surface area contributed by atoms with Gasteiger partial charge in [0, 0.05) is 31.5 Å². The van der Waals surface area contributed by atoms with E-state index < -0.39 is 41.1 Å². The zero-order valence-electron chi connectivity index (χ0n) is 31.5. The second-order valence-corrected chi connectivity index (χ2v) is 16.3. The summed E-state index contributed by atoms with van der Waals surface area (Å²) in [4.78, 5) is 78.3. The summed E-state index contributed by atoms with van der Waals surface area (Å²) in [5.41, 5.74) is 0.165. The number of hydrogen-bond donors (Lipinski definition) is 4. The predicted octanol–water partition coefficient (Wildman–Crippen LogP) is 3.98. The second-order valence-electron chi connectivity index (χ2n) is 16.3. The fourth-order valence-electron chi connectivity index (χ4n) is 7.32. The molecule has 0 radical (unpaired) electrons. The molecule has 0 spiro atoms. The Balaban J connectivity index is 1.51. The Hall–Kier alpha value is -4.19. The van der Waals surface area contributed by atoms with E-state index in [0.717, 1.165) is 24.8 Å². The number of Topliss-reactive ketones (excluding diaryl/α,β-unsaturated/α-hetero) is 1. The topological polar surface area (TPSA) is 162 Å². The number of fused-ring (bicyclic) bond motifs is 1. The summed E-state index contributed by atoms with van der Waals surface area (Å²) in [6.07, 6.45) is 7.96. The summed E-state index contributed by atoms with van der Waals surface area (Å²) >= 11 is 0. The van der Waals surface area contributed by atoms with Gasteiger partial charge in [-0.25, -0.2) is 4.98 Å². The SMILES string of the molecule is CCC[C@H](NC(=O)[C@@H]1[C@H]2CCC[C@H]2CN1C(=O)[C@@H](NC[C@@H](NC(=O)c1cnccn1)C(C)(C)C)C(C)(C)C)C(=O)C(=O)N[C@@H](C)c1ccccc1. The van der Waals surface area contributed by atoms with Crippen LogP contribution in [0.25, 0.3) is 0 Å². The van der Waals surface area contributed by atoms with Crippen LogP contribution in [0, 0.1) is 22.7 Å². The van der Waals surface area contributed by atoms with Crippen LogP contribution in [0.1, 0.15) is 110 Å². The molecule has 2 aromatic rings. The first-order valence-electron chi connectivity index (χ1n) is 18.3. The first-order valence-corrected chi connectivity index (χ1v) is 18.3. The van der Waals surface area contributed by atoms with Crippen molar-refractivity contribution in [2.45, 2.75) is 118 Å². The smallest absolute Gasteiger partial charge is 0.290 e. The average molecular weight is 704 g/mol. The molecule has 1 saturated carbocycles. The van der Waals surface area contributed by atoms with E-state index in [1.807, 2.05) is 85.7 Å². The lowest BCUT2D eigenvalue weighted by atomic mass is 9.83. The third-order valence-corrected chi connectivity index (χ3v) is 10.3. The molecule has 1 aliphatic carbocycles. The minimum absolute atomic E-state index is 0.0348. The fraction of sp³-hybridized carbons (Fsp3) is 0.615. The Morgan fingerprint density at radius 2 is 1.63 bits per heavy atom. The van der Waals surface area contributed by atoms with Crippen molar-refractivity contribution in [3.63, 3.8) is 0 Å². The second kappa shape index (κ2) is 16.9. The summed E-state index contributed by atoms with van der Waals surface area (Å²) < 4.78 is 0. The first-order chi connectivity index (χ1) is 24.0. The van der Waals surface area contributed by atoms with Crippen LogP contribution in [0.3, 0.4) is 0 Å². The molecule has 1 aliphatic heterocycles. The number of amides is 4. The van der Waals surface area contributed by atoms with Crippen molar-refractivity contribution in [3.05, 3.63) is 60.2 Å². The number of nitrogens with one attached hydrogen (secondary N) is 4. The highest BCUT2D eigenvalue weighted by atomic mass is 16.2. The standard InChI is InChI=1S/C39H57N7O5/c1-9-14-28(32(47)36(50)43-24(2)25-15-11-10-12-16-25)44-35(49)31-27-18-13-17-26(27)23-46(31)37(51)33(39(6,7)8)42-22-30(38(3,4)5)45-34(48)29-21-40-19-20-41-29/h10-12,15-16,19-21,24,26-28,30-31,33,42H,9,13-14,17-18,22-23H2,1-8H3,(H,43,50)(H,44,49)(H,45,48)/t24-,26-,27-,28-,30+,31-,33+/m0/s1. The summed E-state index contributed by atoms with van der Waals surface area (Å²) in [6, 6.07) is 6.18. The Morgan fingerprint density at radius 1 is 0.922 bits per heavy atom. The van der Waals surface area contributed by atoms with E-state index in [0.29, 0.717) is 25.9 Å². The maximum absolute atomic E-state index is 14.6. The predicted molar refractivity (Wildman–Crippen MR) is 195 cm³/mol. The van der Waals surface area contributed by atoms with Crippen molar-refractivity contribution in [1.82, 2.24) is 36.1 Å². The molecule has 278 valence electrons. The van der Waals surface area contributed by atoms with Crippen molar-refractivity contribution >= 4 is 29.4 Å². The molecular formula is C39H57N7O5. The Morgan fingerprint density at radius 3 is 2.24 bits per heavy atom. The molecule has 7 atom stereocenters. The number of benzene rings is 1. The highest BCUT2D eigenvalue weighted by molar-refractivity contribution is 6.38. The van der Waals surface area contributed by atoms with Crippen molar-refractivity contribution in [1.29, 1.82) is 0 Å². The van der Waals surface area contributed by atoms with Gasteiger partial charge in [-0.1, -0.05) is 91.6 Å². The van der Waals surface area contributed by atoms with Gasteiger partial charge in [0.2, 0.25) is 17.6 Å². The lowest BCUT2D eigenvalue weighted by Crippen LogP contribution is -2.61. The van der Waals surface area contributed by atoms with Crippen LogP contribution >= 0.6 is 0 Å². The van der Waals surface area contributed by atoms with Gasteiger partial charge in [0.1, 0.15) is 11.7 Å². The Kier molecular flexibility index (Phi) is 13.1. The molecule has 0 unspecified atom stereocenters. The molecule has 51 heavy (non-hydrogen) atoms. The van der Waals surface area contributed by atoms with E-state index in [1.54, 1.807) is 4.90 Å². The maximum atomic E-state index is 14.6. The highest BCUT2D eigenvalue weighted by Crippen LogP contribution is 2.43. The molecule has 4 rings (SSSR count). The van der Waals surface area contributed by atoms with Crippen LogP contribution in [0.2, 0.25) is 0 Å². The molecular weight excluding hydrogens is 646 g/mol. The summed E-state index contributed by atoms with van der Waals surface area (Å²) in [6.45, 7) is 16.4. The van der Waals surface area contributed by atoms with Crippen molar-refractivity contribution in [2.75, 3.05) is 13.1 Å². The van der Waals surface area contributed by atoms with E-state index >= 15 is 0 Å². The van der Waals surface area contributed by atoms with E-state index in [1.165, 1.54) is 18.6 Å². The minimum atomic E-state index is -1.01. The number of ketones is 1. The monoisotopic (exact) mass is 703 g/mol. The number of hydrogen-bond acceptors (Lipinski definition) is 8. The Labute approximate surface area is 302 Å². The zero-order valence-corrected chi connectivity index (χ0v) is 31.5. The molecule has 1 aromatic heterocycles. The lowest BCUT2D eigenvalue weighted by molar-refractivity contribution is -0.145. The zero-order chi connectivity index (χ0) is 37.5. The number of aromatic nitrogens is 2. The number of likely N-dealkylation sites (tertiary alicyclic amines) is 1. The van der Waals surface area contributed by atoms with E-state index in [9.17, 15) is 24.0 Å². The normalized spacial score (nSPS) is 21.2. The van der Waals surface area contributed by atoms with Gasteiger partial charge in [0.15, 0.2) is 0 Å². The molecule has 4 amide bonds. The number of rotatable bonds is 14.